The van der Waals surface area contributed by atoms with Gasteiger partial charge in [-0.05, 0) is 35.0 Å². The van der Waals surface area contributed by atoms with E-state index in [4.69, 9.17) is 0 Å². The molecule has 2 rings (SSSR count). The molecule has 0 aliphatic rings. The van der Waals surface area contributed by atoms with E-state index in [1.807, 2.05) is 6.92 Å². The van der Waals surface area contributed by atoms with Crippen molar-refractivity contribution < 1.29 is 4.39 Å². The Hall–Kier alpha value is -1.69. The van der Waals surface area contributed by atoms with Crippen LogP contribution in [-0.2, 0) is 0 Å². The lowest BCUT2D eigenvalue weighted by Gasteiger charge is -2.24. The fraction of sp³-hybridized carbons (Fsp3) is 0.231. The number of halogens is 2. The minimum atomic E-state index is -0.277. The van der Waals surface area contributed by atoms with Crippen molar-refractivity contribution in [3.05, 3.63) is 40.9 Å². The molecule has 0 spiro atoms. The average Bonchev–Trinajstić information content (AvgIpc) is 2.43. The van der Waals surface area contributed by atoms with E-state index in [2.05, 4.69) is 31.2 Å². The first-order valence-electron chi connectivity index (χ1n) is 5.89. The van der Waals surface area contributed by atoms with Crippen molar-refractivity contribution in [2.75, 3.05) is 23.8 Å². The van der Waals surface area contributed by atoms with Gasteiger partial charge in [0.25, 0.3) is 0 Å². The molecule has 0 saturated heterocycles. The molecular weight excluding hydrogens is 311 g/mol. The average molecular weight is 325 g/mol. The summed E-state index contributed by atoms with van der Waals surface area (Å²) in [5.41, 5.74) is 0.492. The summed E-state index contributed by atoms with van der Waals surface area (Å²) < 4.78 is 14.6. The number of hydrogen-bond donors (Lipinski definition) is 1. The van der Waals surface area contributed by atoms with E-state index < -0.39 is 0 Å². The Morgan fingerprint density at radius 1 is 1.32 bits per heavy atom. The van der Waals surface area contributed by atoms with Crippen LogP contribution in [0.5, 0.6) is 0 Å². The highest BCUT2D eigenvalue weighted by Gasteiger charge is 2.17. The van der Waals surface area contributed by atoms with E-state index in [0.717, 1.165) is 0 Å². The third-order valence-electron chi connectivity index (χ3n) is 2.72. The Morgan fingerprint density at radius 3 is 2.68 bits per heavy atom. The van der Waals surface area contributed by atoms with Gasteiger partial charge >= 0.3 is 0 Å². The topological polar surface area (TPSA) is 41.1 Å². The van der Waals surface area contributed by atoms with Crippen LogP contribution in [0.3, 0.4) is 0 Å². The standard InChI is InChI=1S/C13H14BrFN4/c1-3-19(10-7-5-4-6-9(10)15)13-11(14)12(16-2)17-8-18-13/h4-8H,3H2,1-2H3,(H,16,17,18). The van der Waals surface area contributed by atoms with Crippen molar-refractivity contribution in [1.29, 1.82) is 0 Å². The third kappa shape index (κ3) is 2.68. The van der Waals surface area contributed by atoms with Crippen molar-refractivity contribution in [3.63, 3.8) is 0 Å². The maximum absolute atomic E-state index is 13.9. The number of anilines is 3. The van der Waals surface area contributed by atoms with Crippen LogP contribution in [0.15, 0.2) is 35.1 Å². The first kappa shape index (κ1) is 13.7. The molecule has 100 valence electrons. The first-order chi connectivity index (χ1) is 9.19. The monoisotopic (exact) mass is 324 g/mol. The highest BCUT2D eigenvalue weighted by Crippen LogP contribution is 2.34. The quantitative estimate of drug-likeness (QED) is 0.933. The minimum absolute atomic E-state index is 0.277. The predicted molar refractivity (Wildman–Crippen MR) is 78.4 cm³/mol. The SMILES string of the molecule is CCN(c1ccccc1F)c1ncnc(NC)c1Br. The van der Waals surface area contributed by atoms with E-state index in [9.17, 15) is 4.39 Å². The van der Waals surface area contributed by atoms with Gasteiger partial charge in [0.1, 0.15) is 22.4 Å². The Labute approximate surface area is 119 Å². The first-order valence-corrected chi connectivity index (χ1v) is 6.68. The lowest BCUT2D eigenvalue weighted by atomic mass is 10.2. The van der Waals surface area contributed by atoms with Gasteiger partial charge in [0.05, 0.1) is 5.69 Å². The molecule has 2 aromatic rings. The number of para-hydroxylation sites is 1. The Bertz CT molecular complexity index is 576. The van der Waals surface area contributed by atoms with Crippen LogP contribution < -0.4 is 10.2 Å². The lowest BCUT2D eigenvalue weighted by molar-refractivity contribution is 0.625. The van der Waals surface area contributed by atoms with Crippen LogP contribution in [0.4, 0.5) is 21.7 Å². The van der Waals surface area contributed by atoms with Gasteiger partial charge in [0.2, 0.25) is 0 Å². The number of nitrogens with one attached hydrogen (secondary N) is 1. The summed E-state index contributed by atoms with van der Waals surface area (Å²) >= 11 is 3.45. The largest absolute Gasteiger partial charge is 0.372 e. The summed E-state index contributed by atoms with van der Waals surface area (Å²) in [6.07, 6.45) is 1.45. The third-order valence-corrected chi connectivity index (χ3v) is 3.45. The van der Waals surface area contributed by atoms with E-state index in [1.165, 1.54) is 12.4 Å². The van der Waals surface area contributed by atoms with Crippen molar-refractivity contribution in [2.45, 2.75) is 6.92 Å². The summed E-state index contributed by atoms with van der Waals surface area (Å²) in [7, 11) is 1.77. The van der Waals surface area contributed by atoms with Crippen LogP contribution in [0.1, 0.15) is 6.92 Å². The zero-order valence-electron chi connectivity index (χ0n) is 10.7. The summed E-state index contributed by atoms with van der Waals surface area (Å²) in [4.78, 5) is 10.1. The minimum Gasteiger partial charge on any atom is -0.372 e. The summed E-state index contributed by atoms with van der Waals surface area (Å²) in [5.74, 6) is 1.02. The number of benzene rings is 1. The molecule has 19 heavy (non-hydrogen) atoms. The van der Waals surface area contributed by atoms with Gasteiger partial charge < -0.3 is 10.2 Å². The molecule has 6 heteroatoms. The number of aromatic nitrogens is 2. The van der Waals surface area contributed by atoms with Gasteiger partial charge in [-0.25, -0.2) is 14.4 Å². The summed E-state index contributed by atoms with van der Waals surface area (Å²) in [6.45, 7) is 2.54. The van der Waals surface area contributed by atoms with Crippen LogP contribution in [0, 0.1) is 5.82 Å². The summed E-state index contributed by atoms with van der Waals surface area (Å²) in [5, 5.41) is 2.96. The van der Waals surface area contributed by atoms with E-state index in [1.54, 1.807) is 30.1 Å². The molecule has 0 aliphatic heterocycles. The fourth-order valence-electron chi connectivity index (χ4n) is 1.83. The van der Waals surface area contributed by atoms with Gasteiger partial charge in [-0.1, -0.05) is 12.1 Å². The predicted octanol–water partition coefficient (Wildman–Crippen LogP) is 3.58. The molecule has 0 bridgehead atoms. The molecule has 0 unspecified atom stereocenters. The van der Waals surface area contributed by atoms with E-state index in [-0.39, 0.29) is 5.82 Å². The molecule has 1 N–H and O–H groups in total. The highest BCUT2D eigenvalue weighted by molar-refractivity contribution is 9.10. The lowest BCUT2D eigenvalue weighted by Crippen LogP contribution is -2.19. The molecule has 0 atom stereocenters. The van der Waals surface area contributed by atoms with E-state index >= 15 is 0 Å². The van der Waals surface area contributed by atoms with Gasteiger partial charge in [0.15, 0.2) is 5.82 Å². The Balaban J connectivity index is 2.52. The molecule has 0 aliphatic carbocycles. The Morgan fingerprint density at radius 2 is 2.05 bits per heavy atom. The Kier molecular flexibility index (Phi) is 4.31. The second-order valence-corrected chi connectivity index (χ2v) is 4.60. The van der Waals surface area contributed by atoms with Crippen LogP contribution in [0.25, 0.3) is 0 Å². The van der Waals surface area contributed by atoms with Gasteiger partial charge in [-0.15, -0.1) is 0 Å². The molecule has 1 aromatic heterocycles. The van der Waals surface area contributed by atoms with Crippen molar-refractivity contribution in [3.8, 4) is 0 Å². The zero-order chi connectivity index (χ0) is 13.8. The van der Waals surface area contributed by atoms with Gasteiger partial charge in [-0.3, -0.25) is 0 Å². The molecule has 0 saturated carbocycles. The zero-order valence-corrected chi connectivity index (χ0v) is 12.3. The number of rotatable bonds is 4. The van der Waals surface area contributed by atoms with E-state index in [0.29, 0.717) is 28.3 Å². The molecule has 1 aromatic carbocycles. The summed E-state index contributed by atoms with van der Waals surface area (Å²) in [6, 6.07) is 6.63. The molecule has 1 heterocycles. The fourth-order valence-corrected chi connectivity index (χ4v) is 2.44. The maximum atomic E-state index is 13.9. The molecule has 0 amide bonds. The van der Waals surface area contributed by atoms with Crippen molar-refractivity contribution >= 4 is 33.3 Å². The van der Waals surface area contributed by atoms with Gasteiger partial charge in [0, 0.05) is 13.6 Å². The van der Waals surface area contributed by atoms with Crippen LogP contribution in [-0.4, -0.2) is 23.6 Å². The van der Waals surface area contributed by atoms with Crippen molar-refractivity contribution in [1.82, 2.24) is 9.97 Å². The maximum Gasteiger partial charge on any atom is 0.153 e. The second-order valence-electron chi connectivity index (χ2n) is 3.81. The number of hydrogen-bond acceptors (Lipinski definition) is 4. The van der Waals surface area contributed by atoms with Gasteiger partial charge in [-0.2, -0.15) is 0 Å². The molecule has 0 radical (unpaired) electrons. The van der Waals surface area contributed by atoms with Crippen LogP contribution in [0.2, 0.25) is 0 Å². The molecule has 0 fully saturated rings. The molecular formula is C13H14BrFN4. The highest BCUT2D eigenvalue weighted by atomic mass is 79.9. The van der Waals surface area contributed by atoms with Crippen LogP contribution >= 0.6 is 15.9 Å². The molecule has 4 nitrogen and oxygen atoms in total. The van der Waals surface area contributed by atoms with Crippen molar-refractivity contribution in [2.24, 2.45) is 0 Å². The second kappa shape index (κ2) is 5.97. The number of nitrogens with zero attached hydrogens (tertiary/aromatic N) is 3. The smallest absolute Gasteiger partial charge is 0.153 e. The normalized spacial score (nSPS) is 10.3.